The molecule has 0 bridgehead atoms. The van der Waals surface area contributed by atoms with Gasteiger partial charge >= 0.3 is 0 Å². The number of nitrogens with two attached hydrogens (primary N) is 1. The van der Waals surface area contributed by atoms with Gasteiger partial charge in [0.2, 0.25) is 0 Å². The molecule has 0 atom stereocenters. The Hall–Kier alpha value is -1.27. The zero-order chi connectivity index (χ0) is 13.3. The number of benzene rings is 1. The van der Waals surface area contributed by atoms with Crippen LogP contribution in [-0.4, -0.2) is 14.8 Å². The highest BCUT2D eigenvalue weighted by molar-refractivity contribution is 9.10. The molecule has 96 valence electrons. The van der Waals surface area contributed by atoms with Gasteiger partial charge in [-0.25, -0.2) is 4.39 Å². The SMILES string of the molecule is CC(C)n1c(CN)nnc1-c1cc(Br)ccc1F. The van der Waals surface area contributed by atoms with Gasteiger partial charge in [-0.05, 0) is 32.0 Å². The third-order valence-corrected chi connectivity index (χ3v) is 3.13. The van der Waals surface area contributed by atoms with Crippen LogP contribution in [0.15, 0.2) is 22.7 Å². The van der Waals surface area contributed by atoms with Crippen LogP contribution in [0.1, 0.15) is 25.7 Å². The van der Waals surface area contributed by atoms with Gasteiger partial charge in [-0.1, -0.05) is 15.9 Å². The van der Waals surface area contributed by atoms with E-state index in [0.29, 0.717) is 17.2 Å². The van der Waals surface area contributed by atoms with Crippen LogP contribution in [0.25, 0.3) is 11.4 Å². The summed E-state index contributed by atoms with van der Waals surface area (Å²) in [4.78, 5) is 0. The first kappa shape index (κ1) is 13.2. The molecule has 0 aliphatic carbocycles. The zero-order valence-corrected chi connectivity index (χ0v) is 11.8. The van der Waals surface area contributed by atoms with Crippen molar-refractivity contribution in [3.8, 4) is 11.4 Å². The van der Waals surface area contributed by atoms with Gasteiger partial charge < -0.3 is 10.3 Å². The molecule has 0 spiro atoms. The first-order chi connectivity index (χ1) is 8.54. The monoisotopic (exact) mass is 312 g/mol. The zero-order valence-electron chi connectivity index (χ0n) is 10.2. The van der Waals surface area contributed by atoms with E-state index in [1.54, 1.807) is 12.1 Å². The van der Waals surface area contributed by atoms with E-state index in [2.05, 4.69) is 26.1 Å². The van der Waals surface area contributed by atoms with Gasteiger partial charge in [-0.3, -0.25) is 0 Å². The lowest BCUT2D eigenvalue weighted by Gasteiger charge is -2.13. The summed E-state index contributed by atoms with van der Waals surface area (Å²) in [6.07, 6.45) is 0. The molecule has 4 nitrogen and oxygen atoms in total. The Kier molecular flexibility index (Phi) is 3.77. The van der Waals surface area contributed by atoms with Crippen molar-refractivity contribution in [3.63, 3.8) is 0 Å². The first-order valence-electron chi connectivity index (χ1n) is 5.64. The molecule has 6 heteroatoms. The van der Waals surface area contributed by atoms with Crippen LogP contribution in [0, 0.1) is 5.82 Å². The van der Waals surface area contributed by atoms with Gasteiger partial charge in [0.05, 0.1) is 12.1 Å². The molecule has 0 aliphatic heterocycles. The molecule has 0 aliphatic rings. The van der Waals surface area contributed by atoms with Crippen LogP contribution in [0.4, 0.5) is 4.39 Å². The number of halogens is 2. The second kappa shape index (κ2) is 5.16. The van der Waals surface area contributed by atoms with Crippen molar-refractivity contribution < 1.29 is 4.39 Å². The fourth-order valence-corrected chi connectivity index (χ4v) is 2.22. The molecule has 0 fully saturated rings. The Balaban J connectivity index is 2.63. The molecule has 0 radical (unpaired) electrons. The molecule has 18 heavy (non-hydrogen) atoms. The summed E-state index contributed by atoms with van der Waals surface area (Å²) in [5, 5.41) is 8.06. The van der Waals surface area contributed by atoms with E-state index in [0.717, 1.165) is 4.47 Å². The first-order valence-corrected chi connectivity index (χ1v) is 6.43. The second-order valence-electron chi connectivity index (χ2n) is 4.23. The third kappa shape index (κ3) is 2.30. The lowest BCUT2D eigenvalue weighted by Crippen LogP contribution is -2.12. The highest BCUT2D eigenvalue weighted by Crippen LogP contribution is 2.27. The van der Waals surface area contributed by atoms with Gasteiger partial charge in [0, 0.05) is 10.5 Å². The molecule has 0 saturated carbocycles. The maximum atomic E-state index is 13.9. The third-order valence-electron chi connectivity index (χ3n) is 2.63. The van der Waals surface area contributed by atoms with Crippen LogP contribution >= 0.6 is 15.9 Å². The van der Waals surface area contributed by atoms with Crippen molar-refractivity contribution in [1.82, 2.24) is 14.8 Å². The van der Waals surface area contributed by atoms with Crippen LogP contribution in [0.2, 0.25) is 0 Å². The van der Waals surface area contributed by atoms with E-state index in [1.807, 2.05) is 18.4 Å². The molecule has 0 unspecified atom stereocenters. The largest absolute Gasteiger partial charge is 0.324 e. The molecule has 0 saturated heterocycles. The average Bonchev–Trinajstić information content (AvgIpc) is 2.75. The summed E-state index contributed by atoms with van der Waals surface area (Å²) in [6.45, 7) is 4.25. The number of aromatic nitrogens is 3. The van der Waals surface area contributed by atoms with E-state index >= 15 is 0 Å². The van der Waals surface area contributed by atoms with Crippen LogP contribution in [0.3, 0.4) is 0 Å². The quantitative estimate of drug-likeness (QED) is 0.948. The number of hydrogen-bond acceptors (Lipinski definition) is 3. The lowest BCUT2D eigenvalue weighted by molar-refractivity contribution is 0.569. The van der Waals surface area contributed by atoms with Gasteiger partial charge in [0.15, 0.2) is 5.82 Å². The number of nitrogens with zero attached hydrogens (tertiary/aromatic N) is 3. The smallest absolute Gasteiger partial charge is 0.167 e. The molecular weight excluding hydrogens is 299 g/mol. The molecule has 2 rings (SSSR count). The van der Waals surface area contributed by atoms with Crippen molar-refractivity contribution in [1.29, 1.82) is 0 Å². The van der Waals surface area contributed by atoms with Crippen LogP contribution < -0.4 is 5.73 Å². The molecule has 1 aromatic carbocycles. The summed E-state index contributed by atoms with van der Waals surface area (Å²) in [7, 11) is 0. The minimum absolute atomic E-state index is 0.118. The van der Waals surface area contributed by atoms with Gasteiger partial charge in [0.25, 0.3) is 0 Å². The summed E-state index contributed by atoms with van der Waals surface area (Å²) in [6, 6.07) is 4.87. The van der Waals surface area contributed by atoms with E-state index in [1.165, 1.54) is 6.07 Å². The number of rotatable bonds is 3. The highest BCUT2D eigenvalue weighted by Gasteiger charge is 2.18. The van der Waals surface area contributed by atoms with Gasteiger partial charge in [0.1, 0.15) is 11.6 Å². The Bertz CT molecular complexity index is 565. The summed E-state index contributed by atoms with van der Waals surface area (Å²) in [5.41, 5.74) is 6.04. The lowest BCUT2D eigenvalue weighted by atomic mass is 10.2. The van der Waals surface area contributed by atoms with Crippen molar-refractivity contribution in [3.05, 3.63) is 34.3 Å². The van der Waals surface area contributed by atoms with E-state index in [4.69, 9.17) is 5.73 Å². The van der Waals surface area contributed by atoms with Crippen LogP contribution in [0.5, 0.6) is 0 Å². The predicted octanol–water partition coefficient (Wildman–Crippen LogP) is 2.89. The molecule has 0 amide bonds. The Labute approximate surface area is 113 Å². The fourth-order valence-electron chi connectivity index (χ4n) is 1.86. The van der Waals surface area contributed by atoms with Crippen molar-refractivity contribution in [2.24, 2.45) is 5.73 Å². The summed E-state index contributed by atoms with van der Waals surface area (Å²) in [5.74, 6) is 0.833. The van der Waals surface area contributed by atoms with Crippen molar-refractivity contribution in [2.75, 3.05) is 0 Å². The molecule has 2 N–H and O–H groups in total. The maximum Gasteiger partial charge on any atom is 0.167 e. The Morgan fingerprint density at radius 1 is 1.39 bits per heavy atom. The van der Waals surface area contributed by atoms with Gasteiger partial charge in [-0.2, -0.15) is 0 Å². The molecule has 1 heterocycles. The standard InChI is InChI=1S/C12H14BrFN4/c1-7(2)18-11(6-15)16-17-12(18)9-5-8(13)3-4-10(9)14/h3-5,7H,6,15H2,1-2H3. The maximum absolute atomic E-state index is 13.9. The average molecular weight is 313 g/mol. The van der Waals surface area contributed by atoms with Crippen molar-refractivity contribution >= 4 is 15.9 Å². The fraction of sp³-hybridized carbons (Fsp3) is 0.333. The second-order valence-corrected chi connectivity index (χ2v) is 5.15. The summed E-state index contributed by atoms with van der Waals surface area (Å²) < 4.78 is 16.5. The summed E-state index contributed by atoms with van der Waals surface area (Å²) >= 11 is 3.33. The molecule has 1 aromatic heterocycles. The van der Waals surface area contributed by atoms with E-state index in [-0.39, 0.29) is 18.4 Å². The van der Waals surface area contributed by atoms with Gasteiger partial charge in [-0.15, -0.1) is 10.2 Å². The Morgan fingerprint density at radius 2 is 2.11 bits per heavy atom. The topological polar surface area (TPSA) is 56.7 Å². The van der Waals surface area contributed by atoms with E-state index < -0.39 is 0 Å². The molecular formula is C12H14BrFN4. The minimum Gasteiger partial charge on any atom is -0.324 e. The predicted molar refractivity (Wildman–Crippen MR) is 71.4 cm³/mol. The molecule has 2 aromatic rings. The highest BCUT2D eigenvalue weighted by atomic mass is 79.9. The normalized spacial score (nSPS) is 11.2. The van der Waals surface area contributed by atoms with Crippen molar-refractivity contribution in [2.45, 2.75) is 26.4 Å². The number of hydrogen-bond donors (Lipinski definition) is 1. The Morgan fingerprint density at radius 3 is 2.72 bits per heavy atom. The minimum atomic E-state index is -0.323. The van der Waals surface area contributed by atoms with E-state index in [9.17, 15) is 4.39 Å². The van der Waals surface area contributed by atoms with Crippen LogP contribution in [-0.2, 0) is 6.54 Å².